The molecule has 40 heavy (non-hydrogen) atoms. The van der Waals surface area contributed by atoms with Crippen LogP contribution in [0.25, 0.3) is 11.1 Å². The Morgan fingerprint density at radius 3 is 2.15 bits per heavy atom. The Morgan fingerprint density at radius 2 is 1.60 bits per heavy atom. The maximum atomic E-state index is 14.8. The fraction of sp³-hybridized carbons (Fsp3) is 0.360. The molecule has 1 aliphatic heterocycles. The molecular weight excluding hydrogens is 554 g/mol. The third-order valence-corrected chi connectivity index (χ3v) is 6.42. The summed E-state index contributed by atoms with van der Waals surface area (Å²) in [6, 6.07) is 10.8. The Balaban J connectivity index is 1.64. The summed E-state index contributed by atoms with van der Waals surface area (Å²) in [5, 5.41) is 15.2. The largest absolute Gasteiger partial charge is 0.494 e. The maximum absolute atomic E-state index is 14.8. The van der Waals surface area contributed by atoms with Gasteiger partial charge in [0, 0.05) is 12.8 Å². The Morgan fingerprint density at radius 1 is 0.950 bits per heavy atom. The lowest BCUT2D eigenvalue weighted by atomic mass is 9.76. The highest BCUT2D eigenvalue weighted by Crippen LogP contribution is 2.49. The summed E-state index contributed by atoms with van der Waals surface area (Å²) in [5.41, 5.74) is -2.23. The molecule has 2 heterocycles. The van der Waals surface area contributed by atoms with Gasteiger partial charge in [-0.05, 0) is 47.4 Å². The highest BCUT2D eigenvalue weighted by atomic mass is 19.4. The number of aromatic nitrogens is 4. The molecule has 1 aliphatic rings. The van der Waals surface area contributed by atoms with E-state index in [-0.39, 0.29) is 28.3 Å². The number of H-pyrrole nitrogens is 1. The third kappa shape index (κ3) is 5.63. The smallest absolute Gasteiger partial charge is 0.453 e. The minimum Gasteiger partial charge on any atom is -0.494 e. The molecule has 0 radical (unpaired) electrons. The van der Waals surface area contributed by atoms with Crippen LogP contribution >= 0.6 is 0 Å². The van der Waals surface area contributed by atoms with E-state index in [9.17, 15) is 39.9 Å². The minimum atomic E-state index is -5.69. The number of amides is 1. The average Bonchev–Trinajstić information content (AvgIpc) is 3.40. The summed E-state index contributed by atoms with van der Waals surface area (Å²) < 4.78 is 112. The summed E-state index contributed by atoms with van der Waals surface area (Å²) in [6.45, 7) is 1.26. The van der Waals surface area contributed by atoms with E-state index in [0.29, 0.717) is 5.56 Å². The summed E-state index contributed by atoms with van der Waals surface area (Å²) in [7, 11) is 0. The molecule has 0 saturated heterocycles. The molecular formula is C25H21F8N5O2. The van der Waals surface area contributed by atoms with Gasteiger partial charge < -0.3 is 10.1 Å². The fourth-order valence-electron chi connectivity index (χ4n) is 4.27. The molecule has 0 spiro atoms. The number of nitrogens with zero attached hydrogens (tertiary/aromatic N) is 3. The van der Waals surface area contributed by atoms with Crippen molar-refractivity contribution in [1.82, 2.24) is 25.9 Å². The van der Waals surface area contributed by atoms with Crippen LogP contribution in [-0.4, -0.2) is 51.4 Å². The van der Waals surface area contributed by atoms with E-state index in [0.717, 1.165) is 29.8 Å². The lowest BCUT2D eigenvalue weighted by Gasteiger charge is -2.41. The molecule has 1 amide bonds. The molecule has 0 aliphatic carbocycles. The van der Waals surface area contributed by atoms with Gasteiger partial charge >= 0.3 is 18.3 Å². The van der Waals surface area contributed by atoms with Crippen LogP contribution in [0.5, 0.6) is 5.75 Å². The number of alkyl halides is 8. The van der Waals surface area contributed by atoms with E-state index in [2.05, 4.69) is 25.9 Å². The van der Waals surface area contributed by atoms with E-state index < -0.39 is 55.6 Å². The number of hydrogen-bond donors (Lipinski definition) is 2. The number of ether oxygens (including phenoxy) is 1. The molecule has 0 fully saturated rings. The number of carbonyl (C=O) groups excluding carboxylic acids is 1. The van der Waals surface area contributed by atoms with Crippen molar-refractivity contribution in [1.29, 1.82) is 0 Å². The molecule has 1 unspecified atom stereocenters. The molecule has 0 bridgehead atoms. The van der Waals surface area contributed by atoms with Crippen molar-refractivity contribution in [2.45, 2.75) is 50.0 Å². The zero-order valence-corrected chi connectivity index (χ0v) is 20.6. The van der Waals surface area contributed by atoms with Crippen molar-refractivity contribution < 1.29 is 44.7 Å². The molecule has 214 valence electrons. The average molecular weight is 575 g/mol. The number of carbonyl (C=O) groups is 1. The van der Waals surface area contributed by atoms with Crippen LogP contribution in [0.2, 0.25) is 0 Å². The Kier molecular flexibility index (Phi) is 7.60. The second kappa shape index (κ2) is 10.5. The Labute approximate surface area is 221 Å². The van der Waals surface area contributed by atoms with Crippen molar-refractivity contribution in [3.05, 3.63) is 71.0 Å². The van der Waals surface area contributed by atoms with Crippen molar-refractivity contribution in [3.8, 4) is 5.75 Å². The Bertz CT molecular complexity index is 1370. The van der Waals surface area contributed by atoms with Crippen LogP contribution in [0.3, 0.4) is 0 Å². The van der Waals surface area contributed by atoms with Crippen LogP contribution in [0.4, 0.5) is 35.1 Å². The second-order valence-corrected chi connectivity index (χ2v) is 9.17. The van der Waals surface area contributed by atoms with Crippen molar-refractivity contribution in [2.75, 3.05) is 6.61 Å². The molecule has 1 aromatic heterocycles. The van der Waals surface area contributed by atoms with Gasteiger partial charge in [-0.1, -0.05) is 42.0 Å². The predicted molar refractivity (Wildman–Crippen MR) is 125 cm³/mol. The standard InChI is InChI=1S/C25H21F8N5O2/c1-14-3-5-15(6-4-14)18-13-22(24(28,29)30,34-21(39)19(18)20-35-37-38-36-20)16-7-9-17(10-8-16)40-12-2-11-23(26,27)25(31,32)33/h3-10H,2,11-13H2,1H3,(H,34,39)(H,35,36,37,38). The van der Waals surface area contributed by atoms with Crippen LogP contribution in [-0.2, 0) is 10.3 Å². The van der Waals surface area contributed by atoms with Gasteiger partial charge in [0.15, 0.2) is 5.54 Å². The number of benzene rings is 2. The van der Waals surface area contributed by atoms with Gasteiger partial charge in [0.1, 0.15) is 5.75 Å². The first-order valence-corrected chi connectivity index (χ1v) is 11.8. The van der Waals surface area contributed by atoms with E-state index in [4.69, 9.17) is 4.74 Å². The highest BCUT2D eigenvalue weighted by Gasteiger charge is 2.60. The minimum absolute atomic E-state index is 0.0217. The quantitative estimate of drug-likeness (QED) is 0.264. The number of nitrogens with one attached hydrogen (secondary N) is 2. The zero-order chi connectivity index (χ0) is 29.3. The van der Waals surface area contributed by atoms with Crippen LogP contribution in [0.15, 0.2) is 48.5 Å². The first kappa shape index (κ1) is 29.0. The van der Waals surface area contributed by atoms with Crippen LogP contribution in [0, 0.1) is 6.92 Å². The SMILES string of the molecule is Cc1ccc(C2=C(c3nn[nH]n3)C(=O)NC(c3ccc(OCCCC(F)(F)C(F)(F)F)cc3)(C(F)(F)F)C2)cc1. The van der Waals surface area contributed by atoms with Gasteiger partial charge in [-0.25, -0.2) is 0 Å². The highest BCUT2D eigenvalue weighted by molar-refractivity contribution is 6.27. The predicted octanol–water partition coefficient (Wildman–Crippen LogP) is 5.75. The monoisotopic (exact) mass is 575 g/mol. The van der Waals surface area contributed by atoms with Crippen molar-refractivity contribution >= 4 is 17.1 Å². The van der Waals surface area contributed by atoms with E-state index in [1.807, 2.05) is 0 Å². The summed E-state index contributed by atoms with van der Waals surface area (Å²) in [4.78, 5) is 13.2. The van der Waals surface area contributed by atoms with Crippen LogP contribution < -0.4 is 10.1 Å². The lowest BCUT2D eigenvalue weighted by Crippen LogP contribution is -2.58. The van der Waals surface area contributed by atoms with E-state index >= 15 is 0 Å². The summed E-state index contributed by atoms with van der Waals surface area (Å²) in [6.07, 6.45) is -13.6. The van der Waals surface area contributed by atoms with E-state index in [1.54, 1.807) is 31.2 Å². The molecule has 0 saturated carbocycles. The molecule has 7 nitrogen and oxygen atoms in total. The number of tetrazole rings is 1. The lowest BCUT2D eigenvalue weighted by molar-refractivity contribution is -0.284. The van der Waals surface area contributed by atoms with Gasteiger partial charge in [-0.2, -0.15) is 40.3 Å². The van der Waals surface area contributed by atoms with Gasteiger partial charge in [0.05, 0.1) is 12.2 Å². The maximum Gasteiger partial charge on any atom is 0.453 e. The zero-order valence-electron chi connectivity index (χ0n) is 20.6. The number of rotatable bonds is 8. The van der Waals surface area contributed by atoms with Crippen molar-refractivity contribution in [3.63, 3.8) is 0 Å². The first-order valence-electron chi connectivity index (χ1n) is 11.8. The van der Waals surface area contributed by atoms with E-state index in [1.165, 1.54) is 0 Å². The molecule has 2 N–H and O–H groups in total. The normalized spacial score (nSPS) is 18.6. The number of hydrogen-bond acceptors (Lipinski definition) is 5. The number of halogens is 8. The number of aromatic amines is 1. The van der Waals surface area contributed by atoms with Gasteiger partial charge in [0.2, 0.25) is 5.82 Å². The molecule has 2 aromatic carbocycles. The fourth-order valence-corrected chi connectivity index (χ4v) is 4.27. The van der Waals surface area contributed by atoms with Crippen LogP contribution in [0.1, 0.15) is 41.8 Å². The van der Waals surface area contributed by atoms with Crippen molar-refractivity contribution in [2.24, 2.45) is 0 Å². The molecule has 4 rings (SSSR count). The molecule has 1 atom stereocenters. The first-order chi connectivity index (χ1) is 18.6. The van der Waals surface area contributed by atoms with Gasteiger partial charge in [-0.3, -0.25) is 4.79 Å². The van der Waals surface area contributed by atoms with Gasteiger partial charge in [-0.15, -0.1) is 10.2 Å². The molecule has 3 aromatic rings. The summed E-state index contributed by atoms with van der Waals surface area (Å²) >= 11 is 0. The summed E-state index contributed by atoms with van der Waals surface area (Å²) in [5.74, 6) is -6.22. The number of aryl methyl sites for hydroxylation is 1. The molecule has 15 heteroatoms. The van der Waals surface area contributed by atoms with Gasteiger partial charge in [0.25, 0.3) is 5.91 Å². The Hall–Kier alpha value is -4.04. The topological polar surface area (TPSA) is 92.8 Å². The third-order valence-electron chi connectivity index (χ3n) is 6.42. The second-order valence-electron chi connectivity index (χ2n) is 9.17.